The summed E-state index contributed by atoms with van der Waals surface area (Å²) in [6.07, 6.45) is 0.504. The number of anilines is 2. The minimum absolute atomic E-state index is 0.0505. The van der Waals surface area contributed by atoms with Crippen molar-refractivity contribution in [2.24, 2.45) is 0 Å². The number of nitrogens with one attached hydrogen (secondary N) is 1. The van der Waals surface area contributed by atoms with Gasteiger partial charge in [-0.3, -0.25) is 9.03 Å². The molecule has 7 nitrogen and oxygen atoms in total. The molecule has 0 saturated carbocycles. The lowest BCUT2D eigenvalue weighted by Gasteiger charge is -2.20. The number of nitrogens with zero attached hydrogens (tertiary/aromatic N) is 1. The van der Waals surface area contributed by atoms with E-state index in [0.717, 1.165) is 12.1 Å². The molecule has 0 unspecified atom stereocenters. The molecule has 0 aromatic heterocycles. The highest BCUT2D eigenvalue weighted by molar-refractivity contribution is 7.93. The zero-order valence-corrected chi connectivity index (χ0v) is 16.4. The van der Waals surface area contributed by atoms with Crippen molar-refractivity contribution in [2.75, 3.05) is 28.4 Å². The van der Waals surface area contributed by atoms with Gasteiger partial charge in [0.1, 0.15) is 11.6 Å². The Bertz CT molecular complexity index is 1080. The van der Waals surface area contributed by atoms with Crippen LogP contribution in [0.25, 0.3) is 0 Å². The molecule has 3 rings (SSSR count). The third-order valence-electron chi connectivity index (χ3n) is 4.24. The summed E-state index contributed by atoms with van der Waals surface area (Å²) in [5.41, 5.74) is 0.697. The van der Waals surface area contributed by atoms with Gasteiger partial charge < -0.3 is 4.74 Å². The number of ether oxygens (including phenoxy) is 1. The highest BCUT2D eigenvalue weighted by Gasteiger charge is 2.29. The highest BCUT2D eigenvalue weighted by Crippen LogP contribution is 2.34. The van der Waals surface area contributed by atoms with E-state index in [1.54, 1.807) is 6.07 Å². The first kappa shape index (κ1) is 19.4. The first-order chi connectivity index (χ1) is 12.6. The van der Waals surface area contributed by atoms with Crippen molar-refractivity contribution in [1.82, 2.24) is 0 Å². The quantitative estimate of drug-likeness (QED) is 0.811. The van der Waals surface area contributed by atoms with Gasteiger partial charge in [0.15, 0.2) is 0 Å². The fourth-order valence-electron chi connectivity index (χ4n) is 2.97. The molecule has 1 fully saturated rings. The molecular formula is C17H19FN2O5S2. The summed E-state index contributed by atoms with van der Waals surface area (Å²) in [4.78, 5) is -0.0786. The van der Waals surface area contributed by atoms with Crippen LogP contribution in [0.4, 0.5) is 15.8 Å². The average molecular weight is 414 g/mol. The minimum atomic E-state index is -4.03. The van der Waals surface area contributed by atoms with E-state index >= 15 is 0 Å². The number of methoxy groups -OCH3 is 1. The summed E-state index contributed by atoms with van der Waals surface area (Å²) in [5, 5.41) is 0. The molecule has 2 aromatic rings. The van der Waals surface area contributed by atoms with Crippen molar-refractivity contribution in [2.45, 2.75) is 18.2 Å². The maximum absolute atomic E-state index is 13.3. The number of rotatable bonds is 5. The van der Waals surface area contributed by atoms with Gasteiger partial charge in [-0.25, -0.2) is 21.2 Å². The van der Waals surface area contributed by atoms with Crippen LogP contribution >= 0.6 is 0 Å². The van der Waals surface area contributed by atoms with Crippen LogP contribution in [0.5, 0.6) is 5.75 Å². The van der Waals surface area contributed by atoms with Gasteiger partial charge in [0.2, 0.25) is 10.0 Å². The van der Waals surface area contributed by atoms with Gasteiger partial charge in [0.25, 0.3) is 10.0 Å². The fourth-order valence-corrected chi connectivity index (χ4v) is 5.82. The van der Waals surface area contributed by atoms with E-state index in [9.17, 15) is 21.2 Å². The van der Waals surface area contributed by atoms with Gasteiger partial charge in [0, 0.05) is 6.54 Å². The van der Waals surface area contributed by atoms with E-state index < -0.39 is 25.9 Å². The molecule has 0 atom stereocenters. The van der Waals surface area contributed by atoms with E-state index in [-0.39, 0.29) is 27.6 Å². The number of sulfonamides is 2. The Balaban J connectivity index is 2.01. The van der Waals surface area contributed by atoms with Gasteiger partial charge in [-0.1, -0.05) is 0 Å². The lowest BCUT2D eigenvalue weighted by molar-refractivity contribution is 0.417. The van der Waals surface area contributed by atoms with E-state index in [0.29, 0.717) is 18.7 Å². The number of halogens is 1. The van der Waals surface area contributed by atoms with Crippen molar-refractivity contribution in [3.05, 3.63) is 47.8 Å². The van der Waals surface area contributed by atoms with Crippen molar-refractivity contribution in [3.63, 3.8) is 0 Å². The Morgan fingerprint density at radius 2 is 1.93 bits per heavy atom. The van der Waals surface area contributed by atoms with Crippen molar-refractivity contribution in [3.8, 4) is 5.75 Å². The van der Waals surface area contributed by atoms with Crippen LogP contribution in [0, 0.1) is 12.7 Å². The van der Waals surface area contributed by atoms with Crippen LogP contribution in [-0.4, -0.2) is 36.2 Å². The molecule has 1 heterocycles. The standard InChI is InChI=1S/C17H19FN2O5S2/c1-12-10-13(18)4-7-17(12)27(23,24)19-15-11-14(5-6-16(15)25-2)20-8-3-9-26(20,21)22/h4-7,10-11,19H,3,8-9H2,1-2H3. The van der Waals surface area contributed by atoms with E-state index in [1.165, 1.54) is 36.5 Å². The molecule has 0 bridgehead atoms. The molecule has 0 amide bonds. The molecule has 1 N–H and O–H groups in total. The molecular weight excluding hydrogens is 395 g/mol. The predicted molar refractivity (Wildman–Crippen MR) is 101 cm³/mol. The van der Waals surface area contributed by atoms with Crippen LogP contribution < -0.4 is 13.8 Å². The highest BCUT2D eigenvalue weighted by atomic mass is 32.2. The lowest BCUT2D eigenvalue weighted by atomic mass is 10.2. The monoisotopic (exact) mass is 414 g/mol. The van der Waals surface area contributed by atoms with Gasteiger partial charge in [-0.05, 0) is 55.3 Å². The fraction of sp³-hybridized carbons (Fsp3) is 0.294. The largest absolute Gasteiger partial charge is 0.495 e. The molecule has 0 radical (unpaired) electrons. The van der Waals surface area contributed by atoms with Gasteiger partial charge in [0.05, 0.1) is 29.1 Å². The molecule has 1 saturated heterocycles. The molecule has 27 heavy (non-hydrogen) atoms. The molecule has 1 aliphatic rings. The number of aryl methyl sites for hydroxylation is 1. The molecule has 2 aromatic carbocycles. The summed E-state index contributed by atoms with van der Waals surface area (Å²) < 4.78 is 71.9. The van der Waals surface area contributed by atoms with Crippen LogP contribution in [-0.2, 0) is 20.0 Å². The Morgan fingerprint density at radius 3 is 2.52 bits per heavy atom. The van der Waals surface area contributed by atoms with E-state index in [2.05, 4.69) is 4.72 Å². The predicted octanol–water partition coefficient (Wildman–Crippen LogP) is 2.48. The number of hydrogen-bond donors (Lipinski definition) is 1. The van der Waals surface area contributed by atoms with E-state index in [1.807, 2.05) is 0 Å². The van der Waals surface area contributed by atoms with Gasteiger partial charge in [-0.2, -0.15) is 0 Å². The summed E-state index contributed by atoms with van der Waals surface area (Å²) in [5.74, 6) is -0.251. The van der Waals surface area contributed by atoms with Gasteiger partial charge >= 0.3 is 0 Å². The lowest BCUT2D eigenvalue weighted by Crippen LogP contribution is -2.25. The van der Waals surface area contributed by atoms with Crippen LogP contribution in [0.15, 0.2) is 41.3 Å². The normalized spacial score (nSPS) is 16.3. The summed E-state index contributed by atoms with van der Waals surface area (Å²) in [7, 11) is -6.06. The SMILES string of the molecule is COc1ccc(N2CCCS2(=O)=O)cc1NS(=O)(=O)c1ccc(F)cc1C. The van der Waals surface area contributed by atoms with Crippen molar-refractivity contribution in [1.29, 1.82) is 0 Å². The van der Waals surface area contributed by atoms with Gasteiger partial charge in [-0.15, -0.1) is 0 Å². The second-order valence-electron chi connectivity index (χ2n) is 6.14. The average Bonchev–Trinajstić information content (AvgIpc) is 2.93. The summed E-state index contributed by atoms with van der Waals surface area (Å²) in [6.45, 7) is 1.82. The Labute approximate surface area is 157 Å². The summed E-state index contributed by atoms with van der Waals surface area (Å²) >= 11 is 0. The van der Waals surface area contributed by atoms with E-state index in [4.69, 9.17) is 4.74 Å². The second-order valence-corrected chi connectivity index (χ2v) is 9.81. The van der Waals surface area contributed by atoms with Crippen LogP contribution in [0.1, 0.15) is 12.0 Å². The van der Waals surface area contributed by atoms with Crippen molar-refractivity contribution < 1.29 is 26.0 Å². The maximum Gasteiger partial charge on any atom is 0.262 e. The first-order valence-corrected chi connectivity index (χ1v) is 11.2. The molecule has 0 spiro atoms. The Kier molecular flexibility index (Phi) is 5.04. The zero-order chi connectivity index (χ0) is 19.8. The zero-order valence-electron chi connectivity index (χ0n) is 14.8. The number of hydrogen-bond acceptors (Lipinski definition) is 5. The molecule has 146 valence electrons. The number of benzene rings is 2. The Morgan fingerprint density at radius 1 is 1.19 bits per heavy atom. The Hall–Kier alpha value is -2.33. The minimum Gasteiger partial charge on any atom is -0.495 e. The van der Waals surface area contributed by atoms with Crippen molar-refractivity contribution >= 4 is 31.4 Å². The topological polar surface area (TPSA) is 92.8 Å². The third-order valence-corrected chi connectivity index (χ3v) is 7.64. The molecule has 0 aliphatic carbocycles. The van der Waals surface area contributed by atoms with Crippen LogP contribution in [0.2, 0.25) is 0 Å². The summed E-state index contributed by atoms with van der Waals surface area (Å²) in [6, 6.07) is 7.83. The second kappa shape index (κ2) is 7.01. The maximum atomic E-state index is 13.3. The van der Waals surface area contributed by atoms with Crippen LogP contribution in [0.3, 0.4) is 0 Å². The first-order valence-electron chi connectivity index (χ1n) is 8.11. The molecule has 1 aliphatic heterocycles. The third kappa shape index (κ3) is 3.86. The smallest absolute Gasteiger partial charge is 0.262 e. The molecule has 10 heteroatoms.